The van der Waals surface area contributed by atoms with Crippen molar-refractivity contribution in [3.8, 4) is 0 Å². The summed E-state index contributed by atoms with van der Waals surface area (Å²) in [7, 11) is 0. The zero-order valence-corrected chi connectivity index (χ0v) is 10.7. The van der Waals surface area contributed by atoms with Crippen LogP contribution in [0.1, 0.15) is 18.2 Å². The van der Waals surface area contributed by atoms with Gasteiger partial charge in [0.25, 0.3) is 0 Å². The molecule has 0 amide bonds. The van der Waals surface area contributed by atoms with E-state index in [4.69, 9.17) is 4.74 Å². The quantitative estimate of drug-likeness (QED) is 0.831. The first-order valence-electron chi connectivity index (χ1n) is 6.33. The Hall–Kier alpha value is -2.10. The van der Waals surface area contributed by atoms with Gasteiger partial charge < -0.3 is 9.30 Å². The van der Waals surface area contributed by atoms with E-state index >= 15 is 0 Å². The molecule has 0 saturated carbocycles. The lowest BCUT2D eigenvalue weighted by Crippen LogP contribution is -2.11. The summed E-state index contributed by atoms with van der Waals surface area (Å²) in [5.74, 6) is 0.457. The lowest BCUT2D eigenvalue weighted by atomic mass is 10.2. The Morgan fingerprint density at radius 3 is 2.89 bits per heavy atom. The zero-order valence-electron chi connectivity index (χ0n) is 10.7. The zero-order chi connectivity index (χ0) is 13.2. The minimum absolute atomic E-state index is 0.187. The maximum absolute atomic E-state index is 13.7. The summed E-state index contributed by atoms with van der Waals surface area (Å²) in [6, 6.07) is 10.9. The molecule has 1 aromatic carbocycles. The fourth-order valence-electron chi connectivity index (χ4n) is 2.17. The van der Waals surface area contributed by atoms with Crippen molar-refractivity contribution in [2.75, 3.05) is 6.61 Å². The van der Waals surface area contributed by atoms with Gasteiger partial charge in [0.2, 0.25) is 5.90 Å². The number of aliphatic imine (C=N–C) groups is 1. The Bertz CT molecular complexity index is 618. The van der Waals surface area contributed by atoms with Gasteiger partial charge in [-0.25, -0.2) is 9.38 Å². The molecule has 2 heterocycles. The van der Waals surface area contributed by atoms with Crippen LogP contribution in [0.4, 0.5) is 4.39 Å². The molecular formula is C15H15FN2O. The Kier molecular flexibility index (Phi) is 3.07. The van der Waals surface area contributed by atoms with E-state index in [-0.39, 0.29) is 11.9 Å². The van der Waals surface area contributed by atoms with E-state index in [2.05, 4.69) is 4.99 Å². The summed E-state index contributed by atoms with van der Waals surface area (Å²) >= 11 is 0. The molecule has 0 spiro atoms. The third-order valence-electron chi connectivity index (χ3n) is 3.15. The maximum atomic E-state index is 13.7. The van der Waals surface area contributed by atoms with E-state index in [1.165, 1.54) is 6.07 Å². The maximum Gasteiger partial charge on any atom is 0.233 e. The van der Waals surface area contributed by atoms with Gasteiger partial charge in [-0.2, -0.15) is 0 Å². The van der Waals surface area contributed by atoms with Crippen LogP contribution in [-0.4, -0.2) is 23.1 Å². The molecule has 1 aliphatic heterocycles. The van der Waals surface area contributed by atoms with Gasteiger partial charge in [0.15, 0.2) is 0 Å². The summed E-state index contributed by atoms with van der Waals surface area (Å²) in [5, 5.41) is 0. The van der Waals surface area contributed by atoms with Crippen LogP contribution in [0.15, 0.2) is 47.6 Å². The fraction of sp³-hybridized carbons (Fsp3) is 0.267. The van der Waals surface area contributed by atoms with Crippen LogP contribution < -0.4 is 0 Å². The molecule has 4 heteroatoms. The molecule has 1 aromatic heterocycles. The monoisotopic (exact) mass is 258 g/mol. The molecule has 1 atom stereocenters. The van der Waals surface area contributed by atoms with E-state index in [1.807, 2.05) is 35.9 Å². The van der Waals surface area contributed by atoms with E-state index in [9.17, 15) is 4.39 Å². The Morgan fingerprint density at radius 2 is 2.16 bits per heavy atom. The van der Waals surface area contributed by atoms with Crippen LogP contribution in [0.5, 0.6) is 0 Å². The van der Waals surface area contributed by atoms with Gasteiger partial charge in [0.1, 0.15) is 18.1 Å². The predicted octanol–water partition coefficient (Wildman–Crippen LogP) is 2.84. The van der Waals surface area contributed by atoms with Crippen LogP contribution in [0.2, 0.25) is 0 Å². The van der Waals surface area contributed by atoms with Crippen molar-refractivity contribution in [1.29, 1.82) is 0 Å². The summed E-state index contributed by atoms with van der Waals surface area (Å²) in [4.78, 5) is 4.44. The molecule has 98 valence electrons. The molecule has 1 aliphatic rings. The molecule has 3 rings (SSSR count). The first kappa shape index (κ1) is 12.0. The third kappa shape index (κ3) is 2.38. The molecule has 0 radical (unpaired) electrons. The summed E-state index contributed by atoms with van der Waals surface area (Å²) in [5.41, 5.74) is 1.55. The summed E-state index contributed by atoms with van der Waals surface area (Å²) < 4.78 is 21.2. The number of ether oxygens (including phenoxy) is 1. The molecule has 0 unspecified atom stereocenters. The summed E-state index contributed by atoms with van der Waals surface area (Å²) in [6.45, 7) is 3.10. The number of nitrogens with zero attached hydrogens (tertiary/aromatic N) is 2. The van der Waals surface area contributed by atoms with E-state index in [0.717, 1.165) is 5.69 Å². The van der Waals surface area contributed by atoms with Crippen molar-refractivity contribution in [3.05, 3.63) is 59.7 Å². The van der Waals surface area contributed by atoms with Gasteiger partial charge >= 0.3 is 0 Å². The minimum atomic E-state index is -0.190. The van der Waals surface area contributed by atoms with Gasteiger partial charge in [-0.1, -0.05) is 18.2 Å². The molecule has 0 aliphatic carbocycles. The standard InChI is InChI=1S/C15H15FN2O/c1-11-10-19-15(17-11)14-7-4-8-18(14)9-12-5-2-3-6-13(12)16/h2-8,11H,9-10H2,1H3/t11-/m1/s1. The van der Waals surface area contributed by atoms with Gasteiger partial charge in [0.05, 0.1) is 12.6 Å². The average molecular weight is 258 g/mol. The Morgan fingerprint density at radius 1 is 1.32 bits per heavy atom. The predicted molar refractivity (Wildman–Crippen MR) is 71.9 cm³/mol. The number of hydrogen-bond donors (Lipinski definition) is 0. The second-order valence-corrected chi connectivity index (χ2v) is 4.71. The first-order valence-corrected chi connectivity index (χ1v) is 6.33. The highest BCUT2D eigenvalue weighted by Gasteiger charge is 2.19. The number of halogens is 1. The van der Waals surface area contributed by atoms with Gasteiger partial charge in [-0.05, 0) is 25.1 Å². The van der Waals surface area contributed by atoms with Crippen molar-refractivity contribution in [1.82, 2.24) is 4.57 Å². The SMILES string of the molecule is C[C@@H]1COC(c2cccn2Cc2ccccc2F)=N1. The second kappa shape index (κ2) is 4.88. The van der Waals surface area contributed by atoms with Crippen LogP contribution >= 0.6 is 0 Å². The molecule has 19 heavy (non-hydrogen) atoms. The van der Waals surface area contributed by atoms with Crippen LogP contribution in [0, 0.1) is 5.82 Å². The van der Waals surface area contributed by atoms with Gasteiger partial charge in [-0.3, -0.25) is 0 Å². The number of hydrogen-bond acceptors (Lipinski definition) is 2. The third-order valence-corrected chi connectivity index (χ3v) is 3.15. The largest absolute Gasteiger partial charge is 0.474 e. The minimum Gasteiger partial charge on any atom is -0.474 e. The first-order chi connectivity index (χ1) is 9.24. The second-order valence-electron chi connectivity index (χ2n) is 4.71. The van der Waals surface area contributed by atoms with E-state index < -0.39 is 0 Å². The molecular weight excluding hydrogens is 243 g/mol. The van der Waals surface area contributed by atoms with Crippen molar-refractivity contribution < 1.29 is 9.13 Å². The number of rotatable bonds is 3. The van der Waals surface area contributed by atoms with Gasteiger partial charge in [0, 0.05) is 11.8 Å². The molecule has 2 aromatic rings. The normalized spacial score (nSPS) is 18.2. The smallest absolute Gasteiger partial charge is 0.233 e. The molecule has 0 bridgehead atoms. The van der Waals surface area contributed by atoms with E-state index in [1.54, 1.807) is 12.1 Å². The van der Waals surface area contributed by atoms with E-state index in [0.29, 0.717) is 24.6 Å². The van der Waals surface area contributed by atoms with Crippen LogP contribution in [-0.2, 0) is 11.3 Å². The number of benzene rings is 1. The molecule has 0 N–H and O–H groups in total. The van der Waals surface area contributed by atoms with Crippen LogP contribution in [0.3, 0.4) is 0 Å². The molecule has 0 fully saturated rings. The van der Waals surface area contributed by atoms with Gasteiger partial charge in [-0.15, -0.1) is 0 Å². The van der Waals surface area contributed by atoms with Crippen molar-refractivity contribution >= 4 is 5.90 Å². The summed E-state index contributed by atoms with van der Waals surface area (Å²) in [6.07, 6.45) is 1.91. The van der Waals surface area contributed by atoms with Crippen molar-refractivity contribution in [3.63, 3.8) is 0 Å². The highest BCUT2D eigenvalue weighted by molar-refractivity contribution is 5.93. The molecule has 3 nitrogen and oxygen atoms in total. The fourth-order valence-corrected chi connectivity index (χ4v) is 2.17. The topological polar surface area (TPSA) is 26.5 Å². The Labute approximate surface area is 111 Å². The van der Waals surface area contributed by atoms with Crippen molar-refractivity contribution in [2.45, 2.75) is 19.5 Å². The highest BCUT2D eigenvalue weighted by Crippen LogP contribution is 2.15. The molecule has 0 saturated heterocycles. The van der Waals surface area contributed by atoms with Crippen LogP contribution in [0.25, 0.3) is 0 Å². The average Bonchev–Trinajstić information content (AvgIpc) is 3.01. The lowest BCUT2D eigenvalue weighted by Gasteiger charge is -2.09. The highest BCUT2D eigenvalue weighted by atomic mass is 19.1. The number of aromatic nitrogens is 1. The van der Waals surface area contributed by atoms with Crippen molar-refractivity contribution in [2.24, 2.45) is 4.99 Å². The Balaban J connectivity index is 1.89. The lowest BCUT2D eigenvalue weighted by molar-refractivity contribution is 0.322.